The molecule has 1 aromatic rings. The van der Waals surface area contributed by atoms with Crippen LogP contribution in [0.25, 0.3) is 0 Å². The van der Waals surface area contributed by atoms with E-state index < -0.39 is 0 Å². The normalized spacial score (nSPS) is 9.76. The van der Waals surface area contributed by atoms with Crippen molar-refractivity contribution >= 4 is 29.5 Å². The van der Waals surface area contributed by atoms with Crippen molar-refractivity contribution in [2.24, 2.45) is 0 Å². The zero-order valence-electron chi connectivity index (χ0n) is 11.1. The van der Waals surface area contributed by atoms with Gasteiger partial charge in [-0.1, -0.05) is 56.8 Å². The second kappa shape index (κ2) is 9.60. The number of carbonyl (C=O) groups excluding carboxylic acids is 1. The minimum absolute atomic E-state index is 0.269. The van der Waals surface area contributed by atoms with Gasteiger partial charge < -0.3 is 0 Å². The average Bonchev–Trinajstić information content (AvgIpc) is 2.31. The molecule has 0 atom stereocenters. The zero-order chi connectivity index (χ0) is 13.3. The highest BCUT2D eigenvalue weighted by atomic mass is 32.2. The van der Waals surface area contributed by atoms with Crippen LogP contribution in [-0.2, 0) is 17.6 Å². The van der Waals surface area contributed by atoms with Crippen molar-refractivity contribution in [3.8, 4) is 0 Å². The van der Waals surface area contributed by atoms with Crippen LogP contribution in [0, 0.1) is 0 Å². The highest BCUT2D eigenvalue weighted by Crippen LogP contribution is 2.17. The predicted octanol–water partition coefficient (Wildman–Crippen LogP) is 4.01. The summed E-state index contributed by atoms with van der Waals surface area (Å²) in [7, 11) is 0. The van der Waals surface area contributed by atoms with Crippen LogP contribution in [0.1, 0.15) is 31.9 Å². The minimum atomic E-state index is 0.269. The van der Waals surface area contributed by atoms with Gasteiger partial charge in [0, 0.05) is 11.7 Å². The van der Waals surface area contributed by atoms with Crippen LogP contribution >= 0.6 is 24.4 Å². The van der Waals surface area contributed by atoms with Gasteiger partial charge in [-0.25, -0.2) is 0 Å². The fraction of sp³-hybridized carbons (Fsp3) is 0.500. The summed E-state index contributed by atoms with van der Waals surface area (Å²) in [6.07, 6.45) is 3.25. The van der Waals surface area contributed by atoms with Gasteiger partial charge in [-0.15, -0.1) is 0 Å². The smallest absolute Gasteiger partial charge is 0.193 e. The van der Waals surface area contributed by atoms with Gasteiger partial charge in [-0.05, 0) is 23.8 Å². The monoisotopic (exact) mass is 270 g/mol. The zero-order valence-corrected chi connectivity index (χ0v) is 12.8. The van der Waals surface area contributed by atoms with Gasteiger partial charge >= 0.3 is 0 Å². The molecule has 0 aliphatic heterocycles. The molecule has 0 aromatic heterocycles. The lowest BCUT2D eigenvalue weighted by Gasteiger charge is -2.07. The van der Waals surface area contributed by atoms with E-state index in [9.17, 15) is 4.79 Å². The highest BCUT2D eigenvalue weighted by molar-refractivity contribution is 8.14. The van der Waals surface area contributed by atoms with Gasteiger partial charge in [0.25, 0.3) is 0 Å². The third-order valence-corrected chi connectivity index (χ3v) is 3.08. The van der Waals surface area contributed by atoms with E-state index in [1.807, 2.05) is 26.0 Å². The fourth-order valence-electron chi connectivity index (χ4n) is 1.53. The van der Waals surface area contributed by atoms with Gasteiger partial charge in [0.1, 0.15) is 0 Å². The molecule has 0 saturated heterocycles. The van der Waals surface area contributed by atoms with E-state index in [2.05, 4.69) is 31.7 Å². The van der Waals surface area contributed by atoms with Gasteiger partial charge in [0.2, 0.25) is 0 Å². The lowest BCUT2D eigenvalue weighted by Crippen LogP contribution is -2.04. The molecule has 0 fully saturated rings. The van der Waals surface area contributed by atoms with E-state index in [0.29, 0.717) is 11.7 Å². The molecule has 0 spiro atoms. The molecule has 0 saturated carbocycles. The van der Waals surface area contributed by atoms with Crippen LogP contribution in [-0.4, -0.2) is 16.6 Å². The van der Waals surface area contributed by atoms with E-state index in [4.69, 9.17) is 0 Å². The molecule has 1 aromatic carbocycles. The summed E-state index contributed by atoms with van der Waals surface area (Å²) >= 11 is 4.96. The SMILES string of the molecule is CCc1ccccc1CC(=O)SC(C)C.CS. The number of carbonyl (C=O) groups is 1. The maximum atomic E-state index is 11.7. The molecule has 0 aliphatic rings. The Morgan fingerprint density at radius 2 is 1.76 bits per heavy atom. The molecule has 0 heterocycles. The molecule has 0 N–H and O–H groups in total. The number of thiol groups is 1. The topological polar surface area (TPSA) is 17.1 Å². The Hall–Kier alpha value is -0.410. The van der Waals surface area contributed by atoms with Crippen LogP contribution in [0.15, 0.2) is 24.3 Å². The van der Waals surface area contributed by atoms with Gasteiger partial charge in [0.05, 0.1) is 0 Å². The van der Waals surface area contributed by atoms with Crippen LogP contribution in [0.2, 0.25) is 0 Å². The molecule has 0 amide bonds. The standard InChI is InChI=1S/C13H18OS.CH4S/c1-4-11-7-5-6-8-12(11)9-13(14)15-10(2)3;1-2/h5-8,10H,4,9H2,1-3H3;2H,1H3. The second-order valence-corrected chi connectivity index (χ2v) is 5.47. The largest absolute Gasteiger partial charge is 0.287 e. The van der Waals surface area contributed by atoms with Gasteiger partial charge in [-0.2, -0.15) is 12.6 Å². The van der Waals surface area contributed by atoms with Crippen LogP contribution < -0.4 is 0 Å². The molecule has 96 valence electrons. The summed E-state index contributed by atoms with van der Waals surface area (Å²) < 4.78 is 0. The first-order valence-corrected chi connectivity index (χ1v) is 7.62. The number of thioether (sulfide) groups is 1. The number of rotatable bonds is 4. The summed E-state index contributed by atoms with van der Waals surface area (Å²) in [4.78, 5) is 11.7. The molecule has 3 heteroatoms. The number of hydrogen-bond acceptors (Lipinski definition) is 3. The quantitative estimate of drug-likeness (QED) is 0.833. The summed E-state index contributed by atoms with van der Waals surface area (Å²) in [5.74, 6) is 0. The third kappa shape index (κ3) is 6.79. The molecule has 17 heavy (non-hydrogen) atoms. The van der Waals surface area contributed by atoms with Crippen molar-refractivity contribution in [2.75, 3.05) is 6.26 Å². The Labute approximate surface area is 115 Å². The van der Waals surface area contributed by atoms with Crippen molar-refractivity contribution in [1.29, 1.82) is 0 Å². The molecule has 1 nitrogen and oxygen atoms in total. The Morgan fingerprint density at radius 1 is 1.24 bits per heavy atom. The average molecular weight is 270 g/mol. The maximum Gasteiger partial charge on any atom is 0.193 e. The van der Waals surface area contributed by atoms with Crippen LogP contribution in [0.3, 0.4) is 0 Å². The third-order valence-electron chi connectivity index (χ3n) is 2.20. The number of hydrogen-bond donors (Lipinski definition) is 1. The Morgan fingerprint density at radius 3 is 2.24 bits per heavy atom. The number of aryl methyl sites for hydroxylation is 1. The Balaban J connectivity index is 0.00000121. The lowest BCUT2D eigenvalue weighted by molar-refractivity contribution is -0.110. The maximum absolute atomic E-state index is 11.7. The summed E-state index contributed by atoms with van der Waals surface area (Å²) in [6, 6.07) is 8.19. The second-order valence-electron chi connectivity index (χ2n) is 3.84. The van der Waals surface area contributed by atoms with Crippen molar-refractivity contribution in [1.82, 2.24) is 0 Å². The highest BCUT2D eigenvalue weighted by Gasteiger charge is 2.08. The van der Waals surface area contributed by atoms with Crippen molar-refractivity contribution in [3.63, 3.8) is 0 Å². The summed E-state index contributed by atoms with van der Waals surface area (Å²) in [6.45, 7) is 6.22. The van der Waals surface area contributed by atoms with Crippen LogP contribution in [0.4, 0.5) is 0 Å². The van der Waals surface area contributed by atoms with Crippen molar-refractivity contribution in [2.45, 2.75) is 38.9 Å². The molecule has 0 aliphatic carbocycles. The van der Waals surface area contributed by atoms with E-state index in [1.54, 1.807) is 6.26 Å². The molecular weight excluding hydrogens is 248 g/mol. The van der Waals surface area contributed by atoms with Crippen molar-refractivity contribution < 1.29 is 4.79 Å². The van der Waals surface area contributed by atoms with Gasteiger partial charge in [0.15, 0.2) is 5.12 Å². The molecule has 0 bridgehead atoms. The van der Waals surface area contributed by atoms with Crippen LogP contribution in [0.5, 0.6) is 0 Å². The van der Waals surface area contributed by atoms with E-state index in [0.717, 1.165) is 6.42 Å². The lowest BCUT2D eigenvalue weighted by atomic mass is 10.0. The first-order valence-electron chi connectivity index (χ1n) is 5.84. The molecule has 0 radical (unpaired) electrons. The summed E-state index contributed by atoms with van der Waals surface area (Å²) in [5, 5.41) is 0.650. The van der Waals surface area contributed by atoms with E-state index in [1.165, 1.54) is 22.9 Å². The van der Waals surface area contributed by atoms with E-state index in [-0.39, 0.29) is 5.12 Å². The molecular formula is C14H22OS2. The van der Waals surface area contributed by atoms with Gasteiger partial charge in [-0.3, -0.25) is 4.79 Å². The van der Waals surface area contributed by atoms with E-state index >= 15 is 0 Å². The summed E-state index contributed by atoms with van der Waals surface area (Å²) in [5.41, 5.74) is 2.47. The number of benzene rings is 1. The molecule has 0 unspecified atom stereocenters. The minimum Gasteiger partial charge on any atom is -0.287 e. The first kappa shape index (κ1) is 16.6. The predicted molar refractivity (Wildman–Crippen MR) is 82.2 cm³/mol. The Bertz CT molecular complexity index is 335. The fourth-order valence-corrected chi connectivity index (χ4v) is 2.30. The first-order chi connectivity index (χ1) is 8.13. The molecule has 1 rings (SSSR count). The van der Waals surface area contributed by atoms with Crippen molar-refractivity contribution in [3.05, 3.63) is 35.4 Å². The Kier molecular flexibility index (Phi) is 9.37.